The van der Waals surface area contributed by atoms with E-state index in [1.54, 1.807) is 30.5 Å². The summed E-state index contributed by atoms with van der Waals surface area (Å²) in [7, 11) is 0. The summed E-state index contributed by atoms with van der Waals surface area (Å²) in [5.74, 6) is -3.55. The number of nitrogens with one attached hydrogen (secondary N) is 3. The summed E-state index contributed by atoms with van der Waals surface area (Å²) in [5.41, 5.74) is 3.29. The van der Waals surface area contributed by atoms with Crippen LogP contribution >= 0.6 is 12.6 Å². The van der Waals surface area contributed by atoms with Gasteiger partial charge in [0.05, 0.1) is 11.7 Å². The van der Waals surface area contributed by atoms with Gasteiger partial charge in [0, 0.05) is 23.5 Å². The fraction of sp³-hybridized carbons (Fsp3) is 0.226. The molecule has 218 valence electrons. The number of fused-ring (bicyclic) bond motifs is 1. The molecule has 0 fully saturated rings. The number of aliphatic carboxylic acids is 2. The maximum Gasteiger partial charge on any atom is 0.326 e. The molecule has 2 amide bonds. The highest BCUT2D eigenvalue weighted by molar-refractivity contribution is 7.81. The molecule has 4 rings (SSSR count). The molecular formula is C31H31N3O7S. The van der Waals surface area contributed by atoms with Crippen molar-refractivity contribution in [3.05, 3.63) is 102 Å². The molecule has 0 aliphatic rings. The Bertz CT molecular complexity index is 1540. The van der Waals surface area contributed by atoms with Crippen LogP contribution in [0.3, 0.4) is 0 Å². The first kappa shape index (κ1) is 30.2. The highest BCUT2D eigenvalue weighted by atomic mass is 32.1. The Labute approximate surface area is 247 Å². The fourth-order valence-electron chi connectivity index (χ4n) is 4.42. The third kappa shape index (κ3) is 8.37. The minimum atomic E-state index is -1.50. The van der Waals surface area contributed by atoms with Crippen LogP contribution in [0.25, 0.3) is 10.9 Å². The topological polar surface area (TPSA) is 158 Å². The van der Waals surface area contributed by atoms with Crippen molar-refractivity contribution in [2.24, 2.45) is 0 Å². The van der Waals surface area contributed by atoms with Crippen molar-refractivity contribution < 1.29 is 34.1 Å². The summed E-state index contributed by atoms with van der Waals surface area (Å²) >= 11 is 4.36. The number of thiol groups is 1. The number of carboxylic acid groups (broad SMARTS) is 2. The van der Waals surface area contributed by atoms with Crippen molar-refractivity contribution in [2.45, 2.75) is 43.2 Å². The lowest BCUT2D eigenvalue weighted by Crippen LogP contribution is -2.54. The van der Waals surface area contributed by atoms with Crippen LogP contribution in [0.4, 0.5) is 0 Å². The van der Waals surface area contributed by atoms with Gasteiger partial charge >= 0.3 is 11.9 Å². The Morgan fingerprint density at radius 1 is 0.786 bits per heavy atom. The number of aromatic amines is 1. The summed E-state index contributed by atoms with van der Waals surface area (Å²) in [6.07, 6.45) is 1.09. The van der Waals surface area contributed by atoms with Crippen molar-refractivity contribution >= 4 is 47.3 Å². The molecule has 0 unspecified atom stereocenters. The normalized spacial score (nSPS) is 13.1. The molecule has 0 spiro atoms. The molecule has 0 aliphatic carbocycles. The smallest absolute Gasteiger partial charge is 0.326 e. The molecular weight excluding hydrogens is 558 g/mol. The van der Waals surface area contributed by atoms with Gasteiger partial charge in [-0.3, -0.25) is 14.4 Å². The van der Waals surface area contributed by atoms with Crippen LogP contribution in [0, 0.1) is 0 Å². The molecule has 4 aromatic rings. The third-order valence-corrected chi connectivity index (χ3v) is 7.05. The third-order valence-electron chi connectivity index (χ3n) is 6.63. The van der Waals surface area contributed by atoms with Crippen LogP contribution in [0.1, 0.15) is 23.1 Å². The van der Waals surface area contributed by atoms with E-state index in [-0.39, 0.29) is 12.8 Å². The lowest BCUT2D eigenvalue weighted by molar-refractivity contribution is -0.143. The number of hydrogen-bond donors (Lipinski definition) is 6. The van der Waals surface area contributed by atoms with Gasteiger partial charge in [-0.2, -0.15) is 12.6 Å². The number of benzene rings is 3. The Balaban J connectivity index is 1.35. The van der Waals surface area contributed by atoms with Crippen molar-refractivity contribution in [3.63, 3.8) is 0 Å². The number of H-pyrrole nitrogens is 1. The second-order valence-electron chi connectivity index (χ2n) is 9.76. The zero-order valence-electron chi connectivity index (χ0n) is 22.5. The molecule has 10 nitrogen and oxygen atoms in total. The molecule has 0 aliphatic heterocycles. The maximum absolute atomic E-state index is 13.0. The number of para-hydroxylation sites is 1. The lowest BCUT2D eigenvalue weighted by Gasteiger charge is -2.22. The summed E-state index contributed by atoms with van der Waals surface area (Å²) in [6.45, 7) is 0.412. The van der Waals surface area contributed by atoms with Crippen LogP contribution in [0.2, 0.25) is 0 Å². The average Bonchev–Trinajstić information content (AvgIpc) is 3.39. The van der Waals surface area contributed by atoms with Crippen molar-refractivity contribution in [1.82, 2.24) is 15.6 Å². The molecule has 11 heteroatoms. The second kappa shape index (κ2) is 14.2. The van der Waals surface area contributed by atoms with Crippen LogP contribution in [-0.2, 0) is 38.6 Å². The van der Waals surface area contributed by atoms with Gasteiger partial charge in [0.1, 0.15) is 24.4 Å². The van der Waals surface area contributed by atoms with Gasteiger partial charge in [0.2, 0.25) is 11.8 Å². The molecule has 5 N–H and O–H groups in total. The molecule has 0 saturated carbocycles. The zero-order chi connectivity index (χ0) is 30.1. The Morgan fingerprint density at radius 2 is 1.45 bits per heavy atom. The van der Waals surface area contributed by atoms with E-state index in [4.69, 9.17) is 4.74 Å². The molecule has 3 atom stereocenters. The Hall–Kier alpha value is -4.77. The molecule has 0 bridgehead atoms. The number of ether oxygens (including phenoxy) is 1. The summed E-state index contributed by atoms with van der Waals surface area (Å²) in [5, 5.41) is 23.8. The molecule has 0 radical (unpaired) electrons. The van der Waals surface area contributed by atoms with Gasteiger partial charge in [-0.25, -0.2) is 4.79 Å². The number of carboxylic acids is 2. The SMILES string of the molecule is O=C(O)C[C@H](NC(=O)[C@@H](S)Cc1ccc(OCc2ccccc2)cc1)C(=O)N[C@@H](Cc1c[nH]c2ccccc12)C(=O)O. The van der Waals surface area contributed by atoms with E-state index < -0.39 is 47.5 Å². The first-order valence-corrected chi connectivity index (χ1v) is 13.8. The van der Waals surface area contributed by atoms with Gasteiger partial charge < -0.3 is 30.6 Å². The lowest BCUT2D eigenvalue weighted by atomic mass is 10.0. The Kier molecular flexibility index (Phi) is 10.2. The number of rotatable bonds is 14. The monoisotopic (exact) mass is 589 g/mol. The van der Waals surface area contributed by atoms with Crippen LogP contribution < -0.4 is 15.4 Å². The van der Waals surface area contributed by atoms with Gasteiger partial charge in [-0.1, -0.05) is 60.7 Å². The standard InChI is InChI=1S/C31H31N3O7S/c35-28(36)16-25(29(37)34-26(31(39)40)15-21-17-32-24-9-5-4-8-23(21)24)33-30(38)27(42)14-19-10-12-22(13-11-19)41-18-20-6-2-1-3-7-20/h1-13,17,25-27,32,42H,14-16,18H2,(H,33,38)(H,34,37)(H,35,36)(H,39,40)/t25-,26-,27-/m0/s1. The molecule has 42 heavy (non-hydrogen) atoms. The molecule has 1 aromatic heterocycles. The second-order valence-corrected chi connectivity index (χ2v) is 10.4. The molecule has 0 saturated heterocycles. The fourth-order valence-corrected chi connectivity index (χ4v) is 4.71. The first-order chi connectivity index (χ1) is 20.2. The zero-order valence-corrected chi connectivity index (χ0v) is 23.4. The number of carbonyl (C=O) groups is 4. The first-order valence-electron chi connectivity index (χ1n) is 13.2. The van der Waals surface area contributed by atoms with E-state index in [1.165, 1.54) is 0 Å². The van der Waals surface area contributed by atoms with Crippen LogP contribution in [0.15, 0.2) is 85.1 Å². The number of carbonyl (C=O) groups excluding carboxylic acids is 2. The maximum atomic E-state index is 13.0. The van der Waals surface area contributed by atoms with E-state index in [0.29, 0.717) is 17.9 Å². The van der Waals surface area contributed by atoms with E-state index in [2.05, 4.69) is 28.2 Å². The molecule has 1 heterocycles. The average molecular weight is 590 g/mol. The predicted molar refractivity (Wildman–Crippen MR) is 159 cm³/mol. The van der Waals surface area contributed by atoms with E-state index in [9.17, 15) is 29.4 Å². The van der Waals surface area contributed by atoms with Gasteiger partial charge in [-0.15, -0.1) is 0 Å². The van der Waals surface area contributed by atoms with E-state index >= 15 is 0 Å². The van der Waals surface area contributed by atoms with Gasteiger partial charge in [0.25, 0.3) is 0 Å². The summed E-state index contributed by atoms with van der Waals surface area (Å²) < 4.78 is 5.78. The Morgan fingerprint density at radius 3 is 2.14 bits per heavy atom. The summed E-state index contributed by atoms with van der Waals surface area (Å²) in [6, 6.07) is 21.3. The van der Waals surface area contributed by atoms with Crippen LogP contribution in [-0.4, -0.2) is 56.3 Å². The number of aromatic nitrogens is 1. The van der Waals surface area contributed by atoms with Crippen molar-refractivity contribution in [2.75, 3.05) is 0 Å². The minimum Gasteiger partial charge on any atom is -0.489 e. The van der Waals surface area contributed by atoms with E-state index in [1.807, 2.05) is 54.6 Å². The highest BCUT2D eigenvalue weighted by Gasteiger charge is 2.30. The van der Waals surface area contributed by atoms with Gasteiger partial charge in [0.15, 0.2) is 0 Å². The number of hydrogen-bond acceptors (Lipinski definition) is 6. The minimum absolute atomic E-state index is 0.0426. The van der Waals surface area contributed by atoms with E-state index in [0.717, 1.165) is 22.0 Å². The number of amides is 2. The van der Waals surface area contributed by atoms with Crippen molar-refractivity contribution in [3.8, 4) is 5.75 Å². The quantitative estimate of drug-likeness (QED) is 0.123. The van der Waals surface area contributed by atoms with Gasteiger partial charge in [-0.05, 0) is 41.3 Å². The van der Waals surface area contributed by atoms with Crippen LogP contribution in [0.5, 0.6) is 5.75 Å². The summed E-state index contributed by atoms with van der Waals surface area (Å²) in [4.78, 5) is 52.4. The predicted octanol–water partition coefficient (Wildman–Crippen LogP) is 3.36. The molecule has 3 aromatic carbocycles. The largest absolute Gasteiger partial charge is 0.489 e. The van der Waals surface area contributed by atoms with Crippen molar-refractivity contribution in [1.29, 1.82) is 0 Å². The highest BCUT2D eigenvalue weighted by Crippen LogP contribution is 2.20.